The van der Waals surface area contributed by atoms with Gasteiger partial charge in [0.1, 0.15) is 5.75 Å². The summed E-state index contributed by atoms with van der Waals surface area (Å²) in [6.45, 7) is 2.01. The molecule has 1 aromatic carbocycles. The topological polar surface area (TPSA) is 59.0 Å². The van der Waals surface area contributed by atoms with E-state index in [0.29, 0.717) is 31.1 Å². The number of rotatable bonds is 5. The maximum atomic E-state index is 12.3. The highest BCUT2D eigenvalue weighted by atomic mass is 79.9. The third-order valence-electron chi connectivity index (χ3n) is 3.38. The van der Waals surface area contributed by atoms with E-state index in [2.05, 4.69) is 15.9 Å². The van der Waals surface area contributed by atoms with Crippen molar-refractivity contribution in [2.75, 3.05) is 40.0 Å². The number of ether oxygens (including phenoxy) is 2. The van der Waals surface area contributed by atoms with Crippen molar-refractivity contribution in [3.8, 4) is 5.75 Å². The molecule has 110 valence electrons. The van der Waals surface area contributed by atoms with Crippen LogP contribution in [0.3, 0.4) is 0 Å². The minimum Gasteiger partial charge on any atom is -0.496 e. The van der Waals surface area contributed by atoms with Crippen molar-refractivity contribution in [3.63, 3.8) is 0 Å². The molecule has 6 heteroatoms. The van der Waals surface area contributed by atoms with Crippen molar-refractivity contribution in [2.24, 2.45) is 0 Å². The zero-order chi connectivity index (χ0) is 14.5. The van der Waals surface area contributed by atoms with E-state index in [1.807, 2.05) is 4.90 Å². The van der Waals surface area contributed by atoms with Gasteiger partial charge in [0.25, 0.3) is 0 Å². The van der Waals surface area contributed by atoms with Gasteiger partial charge in [0, 0.05) is 12.1 Å². The zero-order valence-electron chi connectivity index (χ0n) is 11.3. The fraction of sp³-hybridized carbons (Fsp3) is 0.500. The average molecular weight is 344 g/mol. The summed E-state index contributed by atoms with van der Waals surface area (Å²) in [7, 11) is 1.58. The van der Waals surface area contributed by atoms with Gasteiger partial charge in [0.2, 0.25) is 0 Å². The van der Waals surface area contributed by atoms with Crippen LogP contribution in [0.1, 0.15) is 10.4 Å². The predicted molar refractivity (Wildman–Crippen MR) is 78.3 cm³/mol. The standard InChI is InChI=1S/C14H18BrNO4/c1-19-14-3-2-10(6-12(14)15)13(18)7-16-4-5-20-9-11(16)8-17/h2-3,6,11,17H,4-5,7-9H2,1H3. The van der Waals surface area contributed by atoms with Crippen molar-refractivity contribution in [3.05, 3.63) is 28.2 Å². The third kappa shape index (κ3) is 3.58. The lowest BCUT2D eigenvalue weighted by Gasteiger charge is -2.33. The number of ketones is 1. The molecule has 0 aliphatic carbocycles. The molecule has 1 N–H and O–H groups in total. The van der Waals surface area contributed by atoms with Gasteiger partial charge in [-0.2, -0.15) is 0 Å². The molecular formula is C14H18BrNO4. The van der Waals surface area contributed by atoms with E-state index >= 15 is 0 Å². The molecule has 1 aliphatic heterocycles. The number of morpholine rings is 1. The molecule has 0 spiro atoms. The molecule has 1 atom stereocenters. The van der Waals surface area contributed by atoms with E-state index in [-0.39, 0.29) is 25.0 Å². The quantitative estimate of drug-likeness (QED) is 0.817. The van der Waals surface area contributed by atoms with Crippen LogP contribution in [-0.2, 0) is 4.74 Å². The number of nitrogens with zero attached hydrogens (tertiary/aromatic N) is 1. The molecule has 0 amide bonds. The first-order chi connectivity index (χ1) is 9.65. The fourth-order valence-electron chi connectivity index (χ4n) is 2.18. The number of aliphatic hydroxyl groups is 1. The lowest BCUT2D eigenvalue weighted by atomic mass is 10.1. The Bertz CT molecular complexity index is 480. The van der Waals surface area contributed by atoms with Crippen LogP contribution in [0.5, 0.6) is 5.75 Å². The lowest BCUT2D eigenvalue weighted by Crippen LogP contribution is -2.49. The number of carbonyl (C=O) groups excluding carboxylic acids is 1. The van der Waals surface area contributed by atoms with E-state index in [1.165, 1.54) is 0 Å². The summed E-state index contributed by atoms with van der Waals surface area (Å²) in [5, 5.41) is 9.30. The highest BCUT2D eigenvalue weighted by Gasteiger charge is 2.24. The van der Waals surface area contributed by atoms with Crippen LogP contribution in [0.4, 0.5) is 0 Å². The Kier molecular flexibility index (Phi) is 5.54. The molecule has 20 heavy (non-hydrogen) atoms. The van der Waals surface area contributed by atoms with Crippen LogP contribution in [0, 0.1) is 0 Å². The van der Waals surface area contributed by atoms with E-state index in [1.54, 1.807) is 25.3 Å². The van der Waals surface area contributed by atoms with Crippen molar-refractivity contribution in [2.45, 2.75) is 6.04 Å². The normalized spacial score (nSPS) is 19.9. The monoisotopic (exact) mass is 343 g/mol. The first-order valence-corrected chi connectivity index (χ1v) is 7.24. The Balaban J connectivity index is 2.05. The SMILES string of the molecule is COc1ccc(C(=O)CN2CCOCC2CO)cc1Br. The highest BCUT2D eigenvalue weighted by Crippen LogP contribution is 2.25. The van der Waals surface area contributed by atoms with Crippen molar-refractivity contribution >= 4 is 21.7 Å². The Morgan fingerprint density at radius 1 is 1.60 bits per heavy atom. The number of carbonyl (C=O) groups is 1. The van der Waals surface area contributed by atoms with E-state index in [4.69, 9.17) is 9.47 Å². The summed E-state index contributed by atoms with van der Waals surface area (Å²) in [6, 6.07) is 5.17. The summed E-state index contributed by atoms with van der Waals surface area (Å²) >= 11 is 3.38. The second kappa shape index (κ2) is 7.17. The number of hydrogen-bond acceptors (Lipinski definition) is 5. The third-order valence-corrected chi connectivity index (χ3v) is 4.00. The highest BCUT2D eigenvalue weighted by molar-refractivity contribution is 9.10. The molecule has 0 bridgehead atoms. The van der Waals surface area contributed by atoms with Gasteiger partial charge in [0.05, 0.1) is 44.0 Å². The van der Waals surface area contributed by atoms with Crippen LogP contribution >= 0.6 is 15.9 Å². The molecule has 1 aromatic rings. The summed E-state index contributed by atoms with van der Waals surface area (Å²) < 4.78 is 11.2. The molecule has 0 saturated carbocycles. The number of halogens is 1. The van der Waals surface area contributed by atoms with Crippen LogP contribution in [0.25, 0.3) is 0 Å². The number of methoxy groups -OCH3 is 1. The van der Waals surface area contributed by atoms with Crippen molar-refractivity contribution in [1.82, 2.24) is 4.90 Å². The molecule has 5 nitrogen and oxygen atoms in total. The number of benzene rings is 1. The Hall–Kier alpha value is -0.950. The molecule has 0 radical (unpaired) electrons. The molecule has 1 unspecified atom stereocenters. The number of hydrogen-bond donors (Lipinski definition) is 1. The van der Waals surface area contributed by atoms with Gasteiger partial charge in [-0.1, -0.05) is 0 Å². The molecule has 1 fully saturated rings. The Morgan fingerprint density at radius 3 is 3.05 bits per heavy atom. The number of Topliss-reactive ketones (excluding diaryl/α,β-unsaturated/α-hetero) is 1. The van der Waals surface area contributed by atoms with Gasteiger partial charge in [-0.15, -0.1) is 0 Å². The second-order valence-corrected chi connectivity index (χ2v) is 5.51. The van der Waals surface area contributed by atoms with Crippen LogP contribution in [-0.4, -0.2) is 61.9 Å². The molecule has 1 heterocycles. The molecule has 1 aliphatic rings. The zero-order valence-corrected chi connectivity index (χ0v) is 12.9. The summed E-state index contributed by atoms with van der Waals surface area (Å²) in [6.07, 6.45) is 0. The fourth-order valence-corrected chi connectivity index (χ4v) is 2.72. The molecule has 0 aromatic heterocycles. The summed E-state index contributed by atoms with van der Waals surface area (Å²) in [4.78, 5) is 14.3. The van der Waals surface area contributed by atoms with Gasteiger partial charge in [-0.3, -0.25) is 9.69 Å². The maximum Gasteiger partial charge on any atom is 0.176 e. The summed E-state index contributed by atoms with van der Waals surface area (Å²) in [5.41, 5.74) is 0.626. The molecule has 2 rings (SSSR count). The van der Waals surface area contributed by atoms with E-state index < -0.39 is 0 Å². The Labute approximate surface area is 126 Å². The van der Waals surface area contributed by atoms with E-state index in [9.17, 15) is 9.90 Å². The molecule has 1 saturated heterocycles. The maximum absolute atomic E-state index is 12.3. The number of aliphatic hydroxyl groups excluding tert-OH is 1. The minimum atomic E-state index is -0.102. The van der Waals surface area contributed by atoms with Gasteiger partial charge < -0.3 is 14.6 Å². The van der Waals surface area contributed by atoms with Gasteiger partial charge in [-0.05, 0) is 34.1 Å². The van der Waals surface area contributed by atoms with Crippen molar-refractivity contribution < 1.29 is 19.4 Å². The van der Waals surface area contributed by atoms with Gasteiger partial charge in [-0.25, -0.2) is 0 Å². The van der Waals surface area contributed by atoms with E-state index in [0.717, 1.165) is 4.47 Å². The van der Waals surface area contributed by atoms with Gasteiger partial charge >= 0.3 is 0 Å². The predicted octanol–water partition coefficient (Wildman–Crippen LogP) is 1.33. The lowest BCUT2D eigenvalue weighted by molar-refractivity contribution is -0.0240. The summed E-state index contributed by atoms with van der Waals surface area (Å²) in [5.74, 6) is 0.717. The first kappa shape index (κ1) is 15.4. The van der Waals surface area contributed by atoms with Crippen molar-refractivity contribution in [1.29, 1.82) is 0 Å². The van der Waals surface area contributed by atoms with Crippen LogP contribution in [0.15, 0.2) is 22.7 Å². The minimum absolute atomic E-state index is 0.000410. The van der Waals surface area contributed by atoms with Crippen LogP contribution < -0.4 is 4.74 Å². The van der Waals surface area contributed by atoms with Crippen LogP contribution in [0.2, 0.25) is 0 Å². The first-order valence-electron chi connectivity index (χ1n) is 6.45. The molecular weight excluding hydrogens is 326 g/mol. The Morgan fingerprint density at radius 2 is 2.40 bits per heavy atom. The average Bonchev–Trinajstić information content (AvgIpc) is 2.47. The van der Waals surface area contributed by atoms with Gasteiger partial charge in [0.15, 0.2) is 5.78 Å². The smallest absolute Gasteiger partial charge is 0.176 e. The largest absolute Gasteiger partial charge is 0.496 e. The second-order valence-electron chi connectivity index (χ2n) is 4.65.